The predicted octanol–water partition coefficient (Wildman–Crippen LogP) is 3.76. The number of rotatable bonds is 7. The van der Waals surface area contributed by atoms with Crippen LogP contribution in [0.25, 0.3) is 6.08 Å². The molecule has 1 fully saturated rings. The standard InChI is InChI=1S/C21H20N2O4S2/c1-3-13-4-7-15(8-5-13)22-19(24)12-27-16-9-6-14(10-17(16)26-2)11-18-20(25)23-21(28)29-18/h4-11H,3,12H2,1-2H3,(H,22,24)(H,23,25,28)/b18-11+. The van der Waals surface area contributed by atoms with E-state index < -0.39 is 0 Å². The van der Waals surface area contributed by atoms with Crippen molar-refractivity contribution in [2.24, 2.45) is 0 Å². The molecule has 0 unspecified atom stereocenters. The zero-order chi connectivity index (χ0) is 20.8. The van der Waals surface area contributed by atoms with Gasteiger partial charge in [0.15, 0.2) is 18.1 Å². The van der Waals surface area contributed by atoms with E-state index in [1.165, 1.54) is 24.4 Å². The number of anilines is 1. The van der Waals surface area contributed by atoms with E-state index in [9.17, 15) is 9.59 Å². The second-order valence-corrected chi connectivity index (χ2v) is 7.87. The summed E-state index contributed by atoms with van der Waals surface area (Å²) in [6.45, 7) is 1.92. The zero-order valence-corrected chi connectivity index (χ0v) is 17.6. The van der Waals surface area contributed by atoms with Crippen LogP contribution in [0.4, 0.5) is 5.69 Å². The minimum atomic E-state index is -0.268. The maximum atomic E-state index is 12.2. The van der Waals surface area contributed by atoms with Gasteiger partial charge in [-0.25, -0.2) is 0 Å². The third kappa shape index (κ3) is 5.58. The summed E-state index contributed by atoms with van der Waals surface area (Å²) in [4.78, 5) is 24.5. The molecular weight excluding hydrogens is 408 g/mol. The van der Waals surface area contributed by atoms with Gasteiger partial charge in [0.25, 0.3) is 11.8 Å². The molecule has 0 aromatic heterocycles. The lowest BCUT2D eigenvalue weighted by molar-refractivity contribution is -0.118. The Morgan fingerprint density at radius 1 is 1.21 bits per heavy atom. The SMILES string of the molecule is CCc1ccc(NC(=O)COc2ccc(/C=C3/SC(=S)NC3=O)cc2OC)cc1. The average molecular weight is 429 g/mol. The van der Waals surface area contributed by atoms with Crippen LogP contribution in [0.3, 0.4) is 0 Å². The van der Waals surface area contributed by atoms with Crippen molar-refractivity contribution in [1.82, 2.24) is 5.32 Å². The first-order valence-corrected chi connectivity index (χ1v) is 10.2. The molecule has 150 valence electrons. The van der Waals surface area contributed by atoms with Gasteiger partial charge in [-0.15, -0.1) is 0 Å². The molecule has 6 nitrogen and oxygen atoms in total. The van der Waals surface area contributed by atoms with E-state index in [2.05, 4.69) is 17.6 Å². The lowest BCUT2D eigenvalue weighted by Gasteiger charge is -2.12. The number of thioether (sulfide) groups is 1. The van der Waals surface area contributed by atoms with Gasteiger partial charge in [0.05, 0.1) is 12.0 Å². The fourth-order valence-electron chi connectivity index (χ4n) is 2.63. The van der Waals surface area contributed by atoms with Crippen molar-refractivity contribution in [2.45, 2.75) is 13.3 Å². The number of carbonyl (C=O) groups excluding carboxylic acids is 2. The molecule has 2 N–H and O–H groups in total. The maximum Gasteiger partial charge on any atom is 0.263 e. The fourth-order valence-corrected chi connectivity index (χ4v) is 3.67. The molecule has 1 aliphatic rings. The van der Waals surface area contributed by atoms with Crippen molar-refractivity contribution in [3.05, 3.63) is 58.5 Å². The highest BCUT2D eigenvalue weighted by Gasteiger charge is 2.22. The molecule has 0 aliphatic carbocycles. The predicted molar refractivity (Wildman–Crippen MR) is 119 cm³/mol. The lowest BCUT2D eigenvalue weighted by atomic mass is 10.1. The van der Waals surface area contributed by atoms with E-state index in [1.54, 1.807) is 24.3 Å². The molecule has 0 spiro atoms. The van der Waals surface area contributed by atoms with E-state index >= 15 is 0 Å². The number of carbonyl (C=O) groups is 2. The van der Waals surface area contributed by atoms with E-state index in [4.69, 9.17) is 21.7 Å². The molecule has 1 aliphatic heterocycles. The topological polar surface area (TPSA) is 76.7 Å². The van der Waals surface area contributed by atoms with Gasteiger partial charge in [0.2, 0.25) is 0 Å². The van der Waals surface area contributed by atoms with Crippen LogP contribution in [-0.2, 0) is 16.0 Å². The Hall–Kier alpha value is -2.84. The first kappa shape index (κ1) is 20.9. The summed E-state index contributed by atoms with van der Waals surface area (Å²) < 4.78 is 11.4. The first-order chi connectivity index (χ1) is 14.0. The Morgan fingerprint density at radius 2 is 1.97 bits per heavy atom. The van der Waals surface area contributed by atoms with Crippen LogP contribution in [0.2, 0.25) is 0 Å². The van der Waals surface area contributed by atoms with Crippen molar-refractivity contribution in [1.29, 1.82) is 0 Å². The van der Waals surface area contributed by atoms with Crippen LogP contribution in [0.5, 0.6) is 11.5 Å². The third-order valence-electron chi connectivity index (χ3n) is 4.13. The molecule has 3 rings (SSSR count). The Kier molecular flexibility index (Phi) is 6.90. The van der Waals surface area contributed by atoms with Crippen LogP contribution in [0, 0.1) is 0 Å². The molecule has 1 heterocycles. The minimum absolute atomic E-state index is 0.154. The fraction of sp³-hybridized carbons (Fsp3) is 0.190. The summed E-state index contributed by atoms with van der Waals surface area (Å²) in [6.07, 6.45) is 2.66. The normalized spacial score (nSPS) is 14.6. The van der Waals surface area contributed by atoms with E-state index in [1.807, 2.05) is 24.3 Å². The van der Waals surface area contributed by atoms with Gasteiger partial charge in [0, 0.05) is 5.69 Å². The van der Waals surface area contributed by atoms with Crippen LogP contribution in [0.1, 0.15) is 18.1 Å². The number of hydrogen-bond donors (Lipinski definition) is 2. The number of hydrogen-bond acceptors (Lipinski definition) is 6. The van der Waals surface area contributed by atoms with E-state index in [0.717, 1.165) is 17.7 Å². The van der Waals surface area contributed by atoms with Gasteiger partial charge < -0.3 is 20.1 Å². The molecule has 0 atom stereocenters. The average Bonchev–Trinajstić information content (AvgIpc) is 3.04. The monoisotopic (exact) mass is 428 g/mol. The number of amides is 2. The van der Waals surface area contributed by atoms with E-state index in [0.29, 0.717) is 20.7 Å². The zero-order valence-electron chi connectivity index (χ0n) is 16.0. The van der Waals surface area contributed by atoms with Crippen molar-refractivity contribution >= 4 is 51.9 Å². The summed E-state index contributed by atoms with van der Waals surface area (Å²) >= 11 is 6.19. The third-order valence-corrected chi connectivity index (χ3v) is 5.29. The first-order valence-electron chi connectivity index (χ1n) is 8.93. The molecule has 29 heavy (non-hydrogen) atoms. The maximum absolute atomic E-state index is 12.2. The van der Waals surface area contributed by atoms with Crippen LogP contribution < -0.4 is 20.1 Å². The molecule has 1 saturated heterocycles. The summed E-state index contributed by atoms with van der Waals surface area (Å²) in [6, 6.07) is 12.9. The molecule has 2 aromatic rings. The lowest BCUT2D eigenvalue weighted by Crippen LogP contribution is -2.20. The van der Waals surface area contributed by atoms with Gasteiger partial charge in [-0.1, -0.05) is 49.1 Å². The molecular formula is C21H20N2O4S2. The van der Waals surface area contributed by atoms with Crippen molar-refractivity contribution in [3.63, 3.8) is 0 Å². The van der Waals surface area contributed by atoms with E-state index in [-0.39, 0.29) is 18.4 Å². The van der Waals surface area contributed by atoms with Gasteiger partial charge in [-0.3, -0.25) is 9.59 Å². The molecule has 0 saturated carbocycles. The highest BCUT2D eigenvalue weighted by molar-refractivity contribution is 8.26. The molecule has 0 radical (unpaired) electrons. The number of aryl methyl sites for hydroxylation is 1. The van der Waals surface area contributed by atoms with Gasteiger partial charge in [-0.2, -0.15) is 0 Å². The summed E-state index contributed by atoms with van der Waals surface area (Å²) in [5.41, 5.74) is 2.68. The number of nitrogens with one attached hydrogen (secondary N) is 2. The van der Waals surface area contributed by atoms with Crippen molar-refractivity contribution < 1.29 is 19.1 Å². The molecule has 8 heteroatoms. The Labute approximate surface area is 178 Å². The van der Waals surface area contributed by atoms with Crippen molar-refractivity contribution in [3.8, 4) is 11.5 Å². The van der Waals surface area contributed by atoms with Gasteiger partial charge in [-0.05, 0) is 47.9 Å². The molecule has 2 aromatic carbocycles. The highest BCUT2D eigenvalue weighted by Crippen LogP contribution is 2.31. The Bertz CT molecular complexity index is 971. The largest absolute Gasteiger partial charge is 0.493 e. The Balaban J connectivity index is 1.63. The van der Waals surface area contributed by atoms with Gasteiger partial charge >= 0.3 is 0 Å². The number of benzene rings is 2. The summed E-state index contributed by atoms with van der Waals surface area (Å²) in [7, 11) is 1.51. The summed E-state index contributed by atoms with van der Waals surface area (Å²) in [5.74, 6) is 0.411. The Morgan fingerprint density at radius 3 is 2.59 bits per heavy atom. The second kappa shape index (κ2) is 9.58. The highest BCUT2D eigenvalue weighted by atomic mass is 32.2. The molecule has 0 bridgehead atoms. The smallest absolute Gasteiger partial charge is 0.263 e. The number of thiocarbonyl (C=S) groups is 1. The van der Waals surface area contributed by atoms with Gasteiger partial charge in [0.1, 0.15) is 4.32 Å². The van der Waals surface area contributed by atoms with Crippen LogP contribution in [-0.4, -0.2) is 29.9 Å². The minimum Gasteiger partial charge on any atom is -0.493 e. The second-order valence-electron chi connectivity index (χ2n) is 6.15. The summed E-state index contributed by atoms with van der Waals surface area (Å²) in [5, 5.41) is 5.37. The van der Waals surface area contributed by atoms with Crippen LogP contribution in [0.15, 0.2) is 47.4 Å². The quantitative estimate of drug-likeness (QED) is 0.517. The van der Waals surface area contributed by atoms with Crippen molar-refractivity contribution in [2.75, 3.05) is 19.0 Å². The van der Waals surface area contributed by atoms with Crippen LogP contribution >= 0.6 is 24.0 Å². The molecule has 2 amide bonds. The number of ether oxygens (including phenoxy) is 2. The number of methoxy groups -OCH3 is 1.